The molecule has 1 aliphatic rings. The summed E-state index contributed by atoms with van der Waals surface area (Å²) in [4.78, 5) is 11.7. The van der Waals surface area contributed by atoms with Crippen LogP contribution in [0.25, 0.3) is 0 Å². The number of carbonyl (C=O) groups excluding carboxylic acids is 1. The van der Waals surface area contributed by atoms with Crippen LogP contribution in [0.15, 0.2) is 18.2 Å². The van der Waals surface area contributed by atoms with Gasteiger partial charge in [0.25, 0.3) is 0 Å². The minimum atomic E-state index is -0.685. The van der Waals surface area contributed by atoms with Gasteiger partial charge in [-0.3, -0.25) is 4.79 Å². The first-order chi connectivity index (χ1) is 9.16. The molecular formula is C14H17F2NO2. The highest BCUT2D eigenvalue weighted by Gasteiger charge is 2.17. The van der Waals surface area contributed by atoms with Crippen molar-refractivity contribution in [2.75, 3.05) is 19.7 Å². The van der Waals surface area contributed by atoms with Crippen LogP contribution in [0.2, 0.25) is 0 Å². The second-order valence-electron chi connectivity index (χ2n) is 4.68. The van der Waals surface area contributed by atoms with E-state index in [9.17, 15) is 13.6 Å². The number of halogens is 2. The SMILES string of the molecule is O=C(COC1CCNCC1)Cc1c(F)cccc1F. The van der Waals surface area contributed by atoms with E-state index in [4.69, 9.17) is 4.74 Å². The predicted octanol–water partition coefficient (Wildman–Crippen LogP) is 1.84. The highest BCUT2D eigenvalue weighted by molar-refractivity contribution is 5.82. The number of hydrogen-bond donors (Lipinski definition) is 1. The first kappa shape index (κ1) is 14.1. The molecular weight excluding hydrogens is 252 g/mol. The van der Waals surface area contributed by atoms with Crippen LogP contribution in [0.3, 0.4) is 0 Å². The molecule has 3 nitrogen and oxygen atoms in total. The first-order valence-corrected chi connectivity index (χ1v) is 6.43. The van der Waals surface area contributed by atoms with Crippen LogP contribution in [0.4, 0.5) is 8.78 Å². The molecule has 1 aliphatic heterocycles. The van der Waals surface area contributed by atoms with Crippen molar-refractivity contribution < 1.29 is 18.3 Å². The summed E-state index contributed by atoms with van der Waals surface area (Å²) in [6, 6.07) is 3.59. The van der Waals surface area contributed by atoms with Gasteiger partial charge in [0.05, 0.1) is 6.10 Å². The van der Waals surface area contributed by atoms with Crippen molar-refractivity contribution >= 4 is 5.78 Å². The van der Waals surface area contributed by atoms with Gasteiger partial charge in [0.15, 0.2) is 5.78 Å². The van der Waals surface area contributed by atoms with Gasteiger partial charge in [0.1, 0.15) is 18.2 Å². The Balaban J connectivity index is 1.83. The van der Waals surface area contributed by atoms with E-state index < -0.39 is 11.6 Å². The molecule has 1 aromatic rings. The normalized spacial score (nSPS) is 16.5. The van der Waals surface area contributed by atoms with Crippen LogP contribution >= 0.6 is 0 Å². The zero-order chi connectivity index (χ0) is 13.7. The third-order valence-corrected chi connectivity index (χ3v) is 3.20. The maximum Gasteiger partial charge on any atom is 0.163 e. The molecule has 1 heterocycles. The lowest BCUT2D eigenvalue weighted by molar-refractivity contribution is -0.125. The fourth-order valence-electron chi connectivity index (χ4n) is 2.12. The number of rotatable bonds is 5. The van der Waals surface area contributed by atoms with Crippen LogP contribution < -0.4 is 5.32 Å². The van der Waals surface area contributed by atoms with E-state index in [1.165, 1.54) is 6.07 Å². The van der Waals surface area contributed by atoms with Crippen LogP contribution in [0.1, 0.15) is 18.4 Å². The molecule has 0 radical (unpaired) electrons. The number of piperidine rings is 1. The highest BCUT2D eigenvalue weighted by atomic mass is 19.1. The quantitative estimate of drug-likeness (QED) is 0.886. The van der Waals surface area contributed by atoms with Crippen molar-refractivity contribution in [1.82, 2.24) is 5.32 Å². The van der Waals surface area contributed by atoms with E-state index in [1.807, 2.05) is 0 Å². The van der Waals surface area contributed by atoms with Gasteiger partial charge in [0, 0.05) is 12.0 Å². The number of benzene rings is 1. The minimum Gasteiger partial charge on any atom is -0.370 e. The molecule has 0 atom stereocenters. The van der Waals surface area contributed by atoms with Crippen LogP contribution in [0.5, 0.6) is 0 Å². The number of carbonyl (C=O) groups is 1. The highest BCUT2D eigenvalue weighted by Crippen LogP contribution is 2.13. The Morgan fingerprint density at radius 3 is 2.53 bits per heavy atom. The van der Waals surface area contributed by atoms with Crippen molar-refractivity contribution in [2.24, 2.45) is 0 Å². The zero-order valence-corrected chi connectivity index (χ0v) is 10.6. The third-order valence-electron chi connectivity index (χ3n) is 3.20. The molecule has 19 heavy (non-hydrogen) atoms. The van der Waals surface area contributed by atoms with Gasteiger partial charge in [-0.25, -0.2) is 8.78 Å². The summed E-state index contributed by atoms with van der Waals surface area (Å²) in [6.45, 7) is 1.67. The van der Waals surface area contributed by atoms with Crippen molar-refractivity contribution in [3.63, 3.8) is 0 Å². The maximum absolute atomic E-state index is 13.4. The fraction of sp³-hybridized carbons (Fsp3) is 0.500. The average Bonchev–Trinajstić information content (AvgIpc) is 2.42. The second kappa shape index (κ2) is 6.73. The summed E-state index contributed by atoms with van der Waals surface area (Å²) < 4.78 is 32.2. The van der Waals surface area contributed by atoms with Gasteiger partial charge < -0.3 is 10.1 Å². The van der Waals surface area contributed by atoms with Gasteiger partial charge >= 0.3 is 0 Å². The van der Waals surface area contributed by atoms with E-state index in [1.54, 1.807) is 0 Å². The molecule has 1 N–H and O–H groups in total. The molecule has 0 spiro atoms. The Morgan fingerprint density at radius 1 is 1.26 bits per heavy atom. The summed E-state index contributed by atoms with van der Waals surface area (Å²) in [5.74, 6) is -1.67. The van der Waals surface area contributed by atoms with Gasteiger partial charge in [-0.15, -0.1) is 0 Å². The Morgan fingerprint density at radius 2 is 1.89 bits per heavy atom. The summed E-state index contributed by atoms with van der Waals surface area (Å²) in [7, 11) is 0. The predicted molar refractivity (Wildman–Crippen MR) is 66.9 cm³/mol. The Hall–Kier alpha value is -1.33. The van der Waals surface area contributed by atoms with Gasteiger partial charge in [-0.1, -0.05) is 6.07 Å². The van der Waals surface area contributed by atoms with E-state index in [0.717, 1.165) is 38.1 Å². The van der Waals surface area contributed by atoms with Gasteiger partial charge in [0.2, 0.25) is 0 Å². The lowest BCUT2D eigenvalue weighted by atomic mass is 10.1. The number of ether oxygens (including phenoxy) is 1. The largest absolute Gasteiger partial charge is 0.370 e. The smallest absolute Gasteiger partial charge is 0.163 e. The minimum absolute atomic E-state index is 0.0654. The first-order valence-electron chi connectivity index (χ1n) is 6.43. The summed E-state index contributed by atoms with van der Waals surface area (Å²) in [5, 5.41) is 3.19. The molecule has 0 bridgehead atoms. The Kier molecular flexibility index (Phi) is 4.99. The average molecular weight is 269 g/mol. The number of hydrogen-bond acceptors (Lipinski definition) is 3. The number of Topliss-reactive ketones (excluding diaryl/α,β-unsaturated/α-hetero) is 1. The monoisotopic (exact) mass is 269 g/mol. The summed E-state index contributed by atoms with van der Waals surface area (Å²) in [6.07, 6.45) is 1.53. The Labute approximate surface area is 111 Å². The van der Waals surface area contributed by atoms with Crippen LogP contribution in [-0.4, -0.2) is 31.6 Å². The number of nitrogens with one attached hydrogen (secondary N) is 1. The molecule has 0 unspecified atom stereocenters. The lowest BCUT2D eigenvalue weighted by Gasteiger charge is -2.22. The molecule has 2 rings (SSSR count). The molecule has 0 saturated carbocycles. The summed E-state index contributed by atoms with van der Waals surface area (Å²) in [5.41, 5.74) is -0.179. The van der Waals surface area contributed by atoms with Gasteiger partial charge in [-0.2, -0.15) is 0 Å². The van der Waals surface area contributed by atoms with Crippen molar-refractivity contribution in [2.45, 2.75) is 25.4 Å². The van der Waals surface area contributed by atoms with Crippen molar-refractivity contribution in [3.8, 4) is 0 Å². The van der Waals surface area contributed by atoms with E-state index in [0.29, 0.717) is 0 Å². The summed E-state index contributed by atoms with van der Waals surface area (Å²) >= 11 is 0. The van der Waals surface area contributed by atoms with Crippen molar-refractivity contribution in [1.29, 1.82) is 0 Å². The molecule has 0 aromatic heterocycles. The molecule has 1 saturated heterocycles. The van der Waals surface area contributed by atoms with E-state index in [-0.39, 0.29) is 30.5 Å². The third kappa shape index (κ3) is 4.08. The van der Waals surface area contributed by atoms with E-state index in [2.05, 4.69) is 5.32 Å². The second-order valence-corrected chi connectivity index (χ2v) is 4.68. The maximum atomic E-state index is 13.4. The zero-order valence-electron chi connectivity index (χ0n) is 10.6. The standard InChI is InChI=1S/C14H17F2NO2/c15-13-2-1-3-14(16)12(13)8-10(18)9-19-11-4-6-17-7-5-11/h1-3,11,17H,4-9H2. The van der Waals surface area contributed by atoms with E-state index >= 15 is 0 Å². The molecule has 0 amide bonds. The fourth-order valence-corrected chi connectivity index (χ4v) is 2.12. The molecule has 104 valence electrons. The molecule has 0 aliphatic carbocycles. The van der Waals surface area contributed by atoms with Crippen molar-refractivity contribution in [3.05, 3.63) is 35.4 Å². The molecule has 1 fully saturated rings. The Bertz CT molecular complexity index is 425. The number of ketones is 1. The van der Waals surface area contributed by atoms with Crippen LogP contribution in [0, 0.1) is 11.6 Å². The lowest BCUT2D eigenvalue weighted by Crippen LogP contribution is -2.33. The van der Waals surface area contributed by atoms with Crippen LogP contribution in [-0.2, 0) is 16.0 Å². The molecule has 1 aromatic carbocycles. The van der Waals surface area contributed by atoms with Gasteiger partial charge in [-0.05, 0) is 38.1 Å². The topological polar surface area (TPSA) is 38.3 Å². The molecule has 5 heteroatoms.